The number of benzodiazepines with no additional fused rings is 1. The number of hydrogen-bond acceptors (Lipinski definition) is 4. The number of halogens is 3. The molecule has 8 heteroatoms. The van der Waals surface area contributed by atoms with Crippen LogP contribution in [0.4, 0.5) is 14.5 Å². The van der Waals surface area contributed by atoms with E-state index in [0.29, 0.717) is 21.3 Å². The number of anilines is 1. The highest BCUT2D eigenvalue weighted by Gasteiger charge is 2.27. The van der Waals surface area contributed by atoms with E-state index in [1.165, 1.54) is 18.1 Å². The molecule has 4 nitrogen and oxygen atoms in total. The van der Waals surface area contributed by atoms with Crippen molar-refractivity contribution in [3.63, 3.8) is 0 Å². The number of benzene rings is 2. The number of methoxy groups -OCH3 is 1. The molecule has 0 aromatic heterocycles. The molecular formula is C18H13ClF2N2O2S. The SMILES string of the molecule is COC(=O)CN1C(=S)CN=C(c2c(F)cccc2F)c2cc(Cl)ccc21. The molecule has 0 fully saturated rings. The second-order valence-corrected chi connectivity index (χ2v) is 6.39. The lowest BCUT2D eigenvalue weighted by Gasteiger charge is -2.24. The predicted octanol–water partition coefficient (Wildman–Crippen LogP) is 3.78. The summed E-state index contributed by atoms with van der Waals surface area (Å²) in [6.45, 7) is -0.158. The first kappa shape index (κ1) is 18.4. The first-order chi connectivity index (χ1) is 12.4. The first-order valence-electron chi connectivity index (χ1n) is 7.58. The van der Waals surface area contributed by atoms with Crippen LogP contribution in [0.25, 0.3) is 0 Å². The van der Waals surface area contributed by atoms with Crippen molar-refractivity contribution >= 4 is 46.2 Å². The van der Waals surface area contributed by atoms with E-state index in [1.807, 2.05) is 0 Å². The molecule has 0 atom stereocenters. The summed E-state index contributed by atoms with van der Waals surface area (Å²) in [5.41, 5.74) is 0.681. The van der Waals surface area contributed by atoms with Crippen molar-refractivity contribution in [3.05, 3.63) is 64.2 Å². The van der Waals surface area contributed by atoms with Gasteiger partial charge < -0.3 is 9.64 Å². The van der Waals surface area contributed by atoms with E-state index in [1.54, 1.807) is 18.2 Å². The number of thiocarbonyl (C=S) groups is 1. The van der Waals surface area contributed by atoms with Crippen molar-refractivity contribution in [1.29, 1.82) is 0 Å². The Morgan fingerprint density at radius 1 is 1.31 bits per heavy atom. The second kappa shape index (κ2) is 7.47. The average Bonchev–Trinajstić information content (AvgIpc) is 2.73. The van der Waals surface area contributed by atoms with E-state index in [2.05, 4.69) is 4.99 Å². The van der Waals surface area contributed by atoms with Gasteiger partial charge in [-0.05, 0) is 30.3 Å². The molecule has 0 unspecified atom stereocenters. The van der Waals surface area contributed by atoms with Crippen LogP contribution in [-0.2, 0) is 9.53 Å². The number of carbonyl (C=O) groups is 1. The van der Waals surface area contributed by atoms with Crippen LogP contribution in [0.5, 0.6) is 0 Å². The predicted molar refractivity (Wildman–Crippen MR) is 100 cm³/mol. The van der Waals surface area contributed by atoms with Crippen LogP contribution in [0.2, 0.25) is 5.02 Å². The quantitative estimate of drug-likeness (QED) is 0.587. The Bertz CT molecular complexity index is 913. The topological polar surface area (TPSA) is 41.9 Å². The zero-order chi connectivity index (χ0) is 18.8. The molecule has 0 saturated carbocycles. The van der Waals surface area contributed by atoms with Crippen LogP contribution < -0.4 is 4.90 Å². The van der Waals surface area contributed by atoms with Crippen molar-refractivity contribution in [3.8, 4) is 0 Å². The van der Waals surface area contributed by atoms with E-state index in [9.17, 15) is 13.6 Å². The van der Waals surface area contributed by atoms with Gasteiger partial charge in [-0.2, -0.15) is 0 Å². The van der Waals surface area contributed by atoms with Crippen molar-refractivity contribution in [1.82, 2.24) is 0 Å². The zero-order valence-corrected chi connectivity index (χ0v) is 15.2. The molecule has 1 aliphatic rings. The zero-order valence-electron chi connectivity index (χ0n) is 13.6. The molecule has 134 valence electrons. The van der Waals surface area contributed by atoms with Crippen LogP contribution >= 0.6 is 23.8 Å². The average molecular weight is 395 g/mol. The fourth-order valence-corrected chi connectivity index (χ4v) is 3.09. The third-order valence-electron chi connectivity index (χ3n) is 3.89. The van der Waals surface area contributed by atoms with Gasteiger partial charge in [0, 0.05) is 10.6 Å². The largest absolute Gasteiger partial charge is 0.468 e. The van der Waals surface area contributed by atoms with Crippen molar-refractivity contribution in [2.24, 2.45) is 4.99 Å². The van der Waals surface area contributed by atoms with E-state index in [4.69, 9.17) is 28.6 Å². The Kier molecular flexibility index (Phi) is 5.29. The Hall–Kier alpha value is -2.38. The third kappa shape index (κ3) is 3.45. The number of fused-ring (bicyclic) bond motifs is 1. The molecule has 3 rings (SSSR count). The second-order valence-electron chi connectivity index (χ2n) is 5.48. The smallest absolute Gasteiger partial charge is 0.325 e. The minimum absolute atomic E-state index is 0.0122. The molecule has 0 amide bonds. The van der Waals surface area contributed by atoms with Crippen molar-refractivity contribution in [2.45, 2.75) is 0 Å². The number of nitrogens with zero attached hydrogens (tertiary/aromatic N) is 2. The van der Waals surface area contributed by atoms with E-state index in [0.717, 1.165) is 12.1 Å². The fraction of sp³-hybridized carbons (Fsp3) is 0.167. The van der Waals surface area contributed by atoms with E-state index >= 15 is 0 Å². The summed E-state index contributed by atoms with van der Waals surface area (Å²) in [6.07, 6.45) is 0. The van der Waals surface area contributed by atoms with Crippen molar-refractivity contribution in [2.75, 3.05) is 25.1 Å². The molecule has 0 saturated heterocycles. The molecule has 1 aliphatic heterocycles. The number of aliphatic imine (C=N–C) groups is 1. The molecule has 0 aliphatic carbocycles. The van der Waals surface area contributed by atoms with Gasteiger partial charge in [0.2, 0.25) is 0 Å². The number of rotatable bonds is 3. The summed E-state index contributed by atoms with van der Waals surface area (Å²) in [6, 6.07) is 8.36. The van der Waals surface area contributed by atoms with Gasteiger partial charge in [-0.1, -0.05) is 29.9 Å². The summed E-state index contributed by atoms with van der Waals surface area (Å²) in [4.78, 5) is 17.9. The fourth-order valence-electron chi connectivity index (χ4n) is 2.69. The third-order valence-corrected chi connectivity index (χ3v) is 4.48. The van der Waals surface area contributed by atoms with Crippen LogP contribution in [0, 0.1) is 11.6 Å². The maximum atomic E-state index is 14.3. The maximum Gasteiger partial charge on any atom is 0.325 e. The maximum absolute atomic E-state index is 14.3. The normalized spacial score (nSPS) is 13.8. The molecule has 1 heterocycles. The molecule has 0 radical (unpaired) electrons. The van der Waals surface area contributed by atoms with Gasteiger partial charge in [-0.25, -0.2) is 8.78 Å². The number of esters is 1. The highest BCUT2D eigenvalue weighted by Crippen LogP contribution is 2.31. The summed E-state index contributed by atoms with van der Waals surface area (Å²) in [5.74, 6) is -2.00. The van der Waals surface area contributed by atoms with Crippen LogP contribution in [0.3, 0.4) is 0 Å². The summed E-state index contributed by atoms with van der Waals surface area (Å²) in [7, 11) is 1.27. The molecule has 26 heavy (non-hydrogen) atoms. The molecular weight excluding hydrogens is 382 g/mol. The minimum atomic E-state index is -0.748. The lowest BCUT2D eigenvalue weighted by molar-refractivity contribution is -0.138. The molecule has 0 N–H and O–H groups in total. The molecule has 2 aromatic rings. The van der Waals surface area contributed by atoms with Gasteiger partial charge in [0.25, 0.3) is 0 Å². The van der Waals surface area contributed by atoms with Crippen LogP contribution in [-0.4, -0.2) is 36.9 Å². The number of ether oxygens (including phenoxy) is 1. The van der Waals surface area contributed by atoms with Crippen LogP contribution in [0.15, 0.2) is 41.4 Å². The van der Waals surface area contributed by atoms with Crippen molar-refractivity contribution < 1.29 is 18.3 Å². The highest BCUT2D eigenvalue weighted by molar-refractivity contribution is 7.80. The molecule has 2 aromatic carbocycles. The summed E-state index contributed by atoms with van der Waals surface area (Å²) < 4.78 is 33.4. The lowest BCUT2D eigenvalue weighted by Crippen LogP contribution is -2.36. The Morgan fingerprint density at radius 3 is 2.65 bits per heavy atom. The first-order valence-corrected chi connectivity index (χ1v) is 8.37. The van der Waals surface area contributed by atoms with Gasteiger partial charge in [-0.3, -0.25) is 9.79 Å². The van der Waals surface area contributed by atoms with Gasteiger partial charge in [0.15, 0.2) is 0 Å². The van der Waals surface area contributed by atoms with Gasteiger partial charge in [0.05, 0.1) is 30.6 Å². The number of hydrogen-bond donors (Lipinski definition) is 0. The standard InChI is InChI=1S/C18H13ClF2N2O2S/c1-25-16(24)9-23-14-6-5-10(19)7-11(14)18(22-8-15(23)26)17-12(20)3-2-4-13(17)21/h2-7H,8-9H2,1H3. The van der Waals surface area contributed by atoms with Gasteiger partial charge in [-0.15, -0.1) is 0 Å². The van der Waals surface area contributed by atoms with Gasteiger partial charge in [0.1, 0.15) is 23.2 Å². The Labute approximate surface area is 159 Å². The lowest BCUT2D eigenvalue weighted by atomic mass is 9.99. The molecule has 0 bridgehead atoms. The monoisotopic (exact) mass is 394 g/mol. The number of carbonyl (C=O) groups excluding carboxylic acids is 1. The summed E-state index contributed by atoms with van der Waals surface area (Å²) >= 11 is 11.4. The molecule has 0 spiro atoms. The highest BCUT2D eigenvalue weighted by atomic mass is 35.5. The summed E-state index contributed by atoms with van der Waals surface area (Å²) in [5, 5.41) is 0.360. The van der Waals surface area contributed by atoms with Gasteiger partial charge >= 0.3 is 5.97 Å². The van der Waals surface area contributed by atoms with Crippen LogP contribution in [0.1, 0.15) is 11.1 Å². The minimum Gasteiger partial charge on any atom is -0.468 e. The van der Waals surface area contributed by atoms with E-state index in [-0.39, 0.29) is 24.4 Å². The Balaban J connectivity index is 2.21. The Morgan fingerprint density at radius 2 is 2.00 bits per heavy atom. The van der Waals surface area contributed by atoms with E-state index < -0.39 is 17.6 Å².